The van der Waals surface area contributed by atoms with Gasteiger partial charge in [-0.1, -0.05) is 13.3 Å². The number of carboxylic acid groups (broad SMARTS) is 1. The molecule has 120 valence electrons. The maximum atomic E-state index is 11.8. The lowest BCUT2D eigenvalue weighted by atomic mass is 9.98. The van der Waals surface area contributed by atoms with Crippen LogP contribution in [-0.4, -0.2) is 25.0 Å². The van der Waals surface area contributed by atoms with Gasteiger partial charge < -0.3 is 20.0 Å². The second kappa shape index (κ2) is 8.81. The van der Waals surface area contributed by atoms with Crippen molar-refractivity contribution in [2.24, 2.45) is 5.92 Å². The van der Waals surface area contributed by atoms with Crippen LogP contribution in [0.3, 0.4) is 0 Å². The minimum Gasteiger partial charge on any atom is -0.550 e. The van der Waals surface area contributed by atoms with Crippen LogP contribution in [0.4, 0.5) is 5.69 Å². The molecule has 0 heterocycles. The highest BCUT2D eigenvalue weighted by molar-refractivity contribution is 5.93. The van der Waals surface area contributed by atoms with Gasteiger partial charge in [0.1, 0.15) is 0 Å². The first kappa shape index (κ1) is 17.7. The quantitative estimate of drug-likeness (QED) is 0.732. The smallest absolute Gasteiger partial charge is 0.337 e. The molecule has 1 rings (SSSR count). The fraction of sp³-hybridized carbons (Fsp3) is 0.438. The molecule has 0 radical (unpaired) electrons. The van der Waals surface area contributed by atoms with Crippen LogP contribution in [-0.2, 0) is 14.3 Å². The Balaban J connectivity index is 2.51. The Hall–Kier alpha value is -2.37. The standard InChI is InChI=1S/C16H21NO5/c1-3-4-11(15(19)20)7-10-14(18)17-13-8-5-12(6-9-13)16(21)22-2/h5-6,8-9,11H,3-4,7,10H2,1-2H3,(H,17,18)(H,19,20)/p-1/t11-/m1/s1. The summed E-state index contributed by atoms with van der Waals surface area (Å²) in [5, 5.41) is 13.6. The van der Waals surface area contributed by atoms with Crippen molar-refractivity contribution in [2.75, 3.05) is 12.4 Å². The van der Waals surface area contributed by atoms with Crippen molar-refractivity contribution >= 4 is 23.5 Å². The van der Waals surface area contributed by atoms with E-state index in [1.54, 1.807) is 24.3 Å². The predicted octanol–water partition coefficient (Wildman–Crippen LogP) is 1.36. The number of carboxylic acids is 1. The van der Waals surface area contributed by atoms with Crippen LogP contribution in [0.5, 0.6) is 0 Å². The maximum absolute atomic E-state index is 11.8. The zero-order valence-electron chi connectivity index (χ0n) is 12.8. The van der Waals surface area contributed by atoms with Crippen molar-refractivity contribution in [3.8, 4) is 0 Å². The van der Waals surface area contributed by atoms with E-state index >= 15 is 0 Å². The summed E-state index contributed by atoms with van der Waals surface area (Å²) in [5.41, 5.74) is 0.929. The van der Waals surface area contributed by atoms with Crippen LogP contribution in [0.2, 0.25) is 0 Å². The molecule has 0 aliphatic rings. The molecule has 1 amide bonds. The Morgan fingerprint density at radius 2 is 1.82 bits per heavy atom. The molecule has 1 aromatic rings. The minimum absolute atomic E-state index is 0.109. The van der Waals surface area contributed by atoms with E-state index in [1.165, 1.54) is 7.11 Å². The van der Waals surface area contributed by atoms with Gasteiger partial charge in [-0.2, -0.15) is 0 Å². The van der Waals surface area contributed by atoms with Crippen LogP contribution in [0.1, 0.15) is 43.0 Å². The third-order valence-electron chi connectivity index (χ3n) is 3.28. The van der Waals surface area contributed by atoms with Crippen LogP contribution in [0.15, 0.2) is 24.3 Å². The van der Waals surface area contributed by atoms with Gasteiger partial charge >= 0.3 is 5.97 Å². The van der Waals surface area contributed by atoms with Crippen LogP contribution < -0.4 is 10.4 Å². The monoisotopic (exact) mass is 306 g/mol. The fourth-order valence-electron chi connectivity index (χ4n) is 2.06. The molecular formula is C16H20NO5-. The first-order chi connectivity index (χ1) is 10.5. The molecule has 0 spiro atoms. The average Bonchev–Trinajstić information content (AvgIpc) is 2.51. The molecule has 6 nitrogen and oxygen atoms in total. The van der Waals surface area contributed by atoms with Gasteiger partial charge in [0.05, 0.1) is 12.7 Å². The number of benzene rings is 1. The highest BCUT2D eigenvalue weighted by Gasteiger charge is 2.12. The van der Waals surface area contributed by atoms with Gasteiger partial charge in [0.2, 0.25) is 5.91 Å². The van der Waals surface area contributed by atoms with Crippen molar-refractivity contribution in [3.63, 3.8) is 0 Å². The van der Waals surface area contributed by atoms with Crippen molar-refractivity contribution in [3.05, 3.63) is 29.8 Å². The van der Waals surface area contributed by atoms with Gasteiger partial charge in [-0.05, 0) is 43.0 Å². The highest BCUT2D eigenvalue weighted by atomic mass is 16.5. The summed E-state index contributed by atoms with van der Waals surface area (Å²) >= 11 is 0. The third kappa shape index (κ3) is 5.55. The first-order valence-electron chi connectivity index (χ1n) is 7.17. The minimum atomic E-state index is -1.11. The van der Waals surface area contributed by atoms with Crippen molar-refractivity contribution in [2.45, 2.75) is 32.6 Å². The lowest BCUT2D eigenvalue weighted by Crippen LogP contribution is -2.32. The summed E-state index contributed by atoms with van der Waals surface area (Å²) in [5.74, 6) is -2.43. The van der Waals surface area contributed by atoms with Gasteiger partial charge in [0.25, 0.3) is 0 Å². The zero-order chi connectivity index (χ0) is 16.5. The molecular weight excluding hydrogens is 286 g/mol. The van der Waals surface area contributed by atoms with Gasteiger partial charge in [0, 0.05) is 18.1 Å². The van der Waals surface area contributed by atoms with E-state index in [0.29, 0.717) is 17.7 Å². The Morgan fingerprint density at radius 1 is 1.18 bits per heavy atom. The molecule has 22 heavy (non-hydrogen) atoms. The highest BCUT2D eigenvalue weighted by Crippen LogP contribution is 2.15. The number of carbonyl (C=O) groups is 3. The summed E-state index contributed by atoms with van der Waals surface area (Å²) in [6, 6.07) is 6.27. The number of carbonyl (C=O) groups excluding carboxylic acids is 3. The molecule has 0 fully saturated rings. The summed E-state index contributed by atoms with van der Waals surface area (Å²) in [6.07, 6.45) is 1.60. The van der Waals surface area contributed by atoms with Gasteiger partial charge in [-0.25, -0.2) is 4.79 Å². The van der Waals surface area contributed by atoms with E-state index < -0.39 is 17.9 Å². The van der Waals surface area contributed by atoms with E-state index in [0.717, 1.165) is 6.42 Å². The van der Waals surface area contributed by atoms with E-state index in [9.17, 15) is 19.5 Å². The number of ether oxygens (including phenoxy) is 1. The van der Waals surface area contributed by atoms with Crippen LogP contribution in [0.25, 0.3) is 0 Å². The van der Waals surface area contributed by atoms with E-state index in [1.807, 2.05) is 6.92 Å². The number of methoxy groups -OCH3 is 1. The number of hydrogen-bond acceptors (Lipinski definition) is 5. The van der Waals surface area contributed by atoms with E-state index in [4.69, 9.17) is 0 Å². The average molecular weight is 306 g/mol. The Labute approximate surface area is 129 Å². The molecule has 0 aromatic heterocycles. The van der Waals surface area contributed by atoms with Gasteiger partial charge in [-0.3, -0.25) is 4.79 Å². The zero-order valence-corrected chi connectivity index (χ0v) is 12.8. The fourth-order valence-corrected chi connectivity index (χ4v) is 2.06. The molecule has 0 aliphatic carbocycles. The molecule has 1 aromatic carbocycles. The Kier molecular flexibility index (Phi) is 7.08. The molecule has 0 bridgehead atoms. The number of nitrogens with one attached hydrogen (secondary N) is 1. The number of esters is 1. The van der Waals surface area contributed by atoms with Crippen molar-refractivity contribution in [1.82, 2.24) is 0 Å². The van der Waals surface area contributed by atoms with Crippen LogP contribution in [0, 0.1) is 5.92 Å². The number of rotatable bonds is 8. The summed E-state index contributed by atoms with van der Waals surface area (Å²) in [6.45, 7) is 1.89. The lowest BCUT2D eigenvalue weighted by Gasteiger charge is -2.16. The number of hydrogen-bond donors (Lipinski definition) is 1. The predicted molar refractivity (Wildman–Crippen MR) is 79.1 cm³/mol. The van der Waals surface area contributed by atoms with Gasteiger partial charge in [0.15, 0.2) is 0 Å². The molecule has 0 unspecified atom stereocenters. The molecule has 6 heteroatoms. The topological polar surface area (TPSA) is 95.5 Å². The second-order valence-corrected chi connectivity index (χ2v) is 4.96. The number of aliphatic carboxylic acids is 1. The molecule has 1 atom stereocenters. The maximum Gasteiger partial charge on any atom is 0.337 e. The summed E-state index contributed by atoms with van der Waals surface area (Å²) in [4.78, 5) is 34.0. The number of anilines is 1. The first-order valence-corrected chi connectivity index (χ1v) is 7.17. The summed E-state index contributed by atoms with van der Waals surface area (Å²) < 4.78 is 4.58. The van der Waals surface area contributed by atoms with E-state index in [-0.39, 0.29) is 18.7 Å². The normalized spacial score (nSPS) is 11.5. The molecule has 0 saturated carbocycles. The molecule has 0 aliphatic heterocycles. The molecule has 0 saturated heterocycles. The SMILES string of the molecule is CCC[C@H](CCC(=O)Nc1ccc(C(=O)OC)cc1)C(=O)[O-]. The third-order valence-corrected chi connectivity index (χ3v) is 3.28. The van der Waals surface area contributed by atoms with E-state index in [2.05, 4.69) is 10.1 Å². The van der Waals surface area contributed by atoms with Crippen molar-refractivity contribution in [1.29, 1.82) is 0 Å². The lowest BCUT2D eigenvalue weighted by molar-refractivity contribution is -0.312. The largest absolute Gasteiger partial charge is 0.550 e. The van der Waals surface area contributed by atoms with Crippen molar-refractivity contribution < 1.29 is 24.2 Å². The van der Waals surface area contributed by atoms with Gasteiger partial charge in [-0.15, -0.1) is 0 Å². The summed E-state index contributed by atoms with van der Waals surface area (Å²) in [7, 11) is 1.29. The Morgan fingerprint density at radius 3 is 2.32 bits per heavy atom. The Bertz CT molecular complexity index is 524. The number of amides is 1. The molecule has 1 N–H and O–H groups in total. The second-order valence-electron chi connectivity index (χ2n) is 4.96. The van der Waals surface area contributed by atoms with Crippen LogP contribution >= 0.6 is 0 Å².